The van der Waals surface area contributed by atoms with Crippen LogP contribution in [0.5, 0.6) is 0 Å². The van der Waals surface area contributed by atoms with Crippen LogP contribution in [-0.4, -0.2) is 20.2 Å². The first-order valence-electron chi connectivity index (χ1n) is 5.05. The van der Waals surface area contributed by atoms with Crippen LogP contribution in [0, 0.1) is 5.82 Å². The van der Waals surface area contributed by atoms with Gasteiger partial charge in [0.05, 0.1) is 5.02 Å². The third-order valence-electron chi connectivity index (χ3n) is 2.20. The normalized spacial score (nSPS) is 10.8. The summed E-state index contributed by atoms with van der Waals surface area (Å²) in [7, 11) is 0. The number of aryl methyl sites for hydroxylation is 1. The average molecular weight is 320 g/mol. The third kappa shape index (κ3) is 2.47. The molecule has 0 N–H and O–H groups in total. The lowest BCUT2D eigenvalue weighted by Gasteiger charge is -2.08. The van der Waals surface area contributed by atoms with Crippen LogP contribution in [0.4, 0.5) is 4.39 Å². The molecule has 2 aromatic rings. The molecule has 0 fully saturated rings. The molecular weight excluding hydrogens is 310 g/mol. The fraction of sp³-hybridized carbons (Fsp3) is 0.300. The highest BCUT2D eigenvalue weighted by Crippen LogP contribution is 2.30. The average Bonchev–Trinajstić information content (AvgIpc) is 2.65. The molecule has 0 atom stereocenters. The van der Waals surface area contributed by atoms with Crippen molar-refractivity contribution < 1.29 is 4.39 Å². The van der Waals surface area contributed by atoms with E-state index >= 15 is 0 Å². The number of halogens is 3. The summed E-state index contributed by atoms with van der Waals surface area (Å²) in [6.45, 7) is 2.03. The molecule has 0 bridgehead atoms. The summed E-state index contributed by atoms with van der Waals surface area (Å²) in [5, 5.41) is 11.7. The Kier molecular flexibility index (Phi) is 3.73. The van der Waals surface area contributed by atoms with Crippen LogP contribution >= 0.6 is 27.5 Å². The second-order valence-electron chi connectivity index (χ2n) is 3.47. The Balaban J connectivity index is 2.56. The van der Waals surface area contributed by atoms with Crippen molar-refractivity contribution in [3.05, 3.63) is 33.3 Å². The predicted molar refractivity (Wildman–Crippen MR) is 65.8 cm³/mol. The van der Waals surface area contributed by atoms with E-state index in [0.717, 1.165) is 12.8 Å². The number of tetrazole rings is 1. The van der Waals surface area contributed by atoms with E-state index in [1.807, 2.05) is 6.92 Å². The van der Waals surface area contributed by atoms with Crippen molar-refractivity contribution >= 4 is 27.5 Å². The standard InChI is InChI=1S/C10H9BrClFN4/c1-2-3-9-14-15-16-17(9)10-7(11)4-6(13)5-8(10)12/h4-5H,2-3H2,1H3. The summed E-state index contributed by atoms with van der Waals surface area (Å²) in [5.74, 6) is 0.289. The highest BCUT2D eigenvalue weighted by molar-refractivity contribution is 9.10. The zero-order chi connectivity index (χ0) is 12.4. The summed E-state index contributed by atoms with van der Waals surface area (Å²) < 4.78 is 15.2. The first kappa shape index (κ1) is 12.4. The molecule has 0 aliphatic carbocycles. The van der Waals surface area contributed by atoms with Crippen LogP contribution in [0.3, 0.4) is 0 Å². The van der Waals surface area contributed by atoms with Crippen molar-refractivity contribution in [1.82, 2.24) is 20.2 Å². The maximum atomic E-state index is 13.1. The van der Waals surface area contributed by atoms with E-state index in [1.165, 1.54) is 16.8 Å². The van der Waals surface area contributed by atoms with Gasteiger partial charge in [0.15, 0.2) is 5.82 Å². The zero-order valence-electron chi connectivity index (χ0n) is 8.99. The maximum Gasteiger partial charge on any atom is 0.156 e. The number of benzene rings is 1. The summed E-state index contributed by atoms with van der Waals surface area (Å²) in [6, 6.07) is 2.57. The number of aromatic nitrogens is 4. The molecule has 0 saturated carbocycles. The molecule has 0 unspecified atom stereocenters. The Hall–Kier alpha value is -1.01. The number of hydrogen-bond acceptors (Lipinski definition) is 3. The van der Waals surface area contributed by atoms with Crippen molar-refractivity contribution in [2.24, 2.45) is 0 Å². The Morgan fingerprint density at radius 3 is 2.88 bits per heavy atom. The molecule has 0 aliphatic rings. The van der Waals surface area contributed by atoms with Crippen LogP contribution in [0.1, 0.15) is 19.2 Å². The first-order chi connectivity index (χ1) is 8.13. The van der Waals surface area contributed by atoms with Crippen LogP contribution < -0.4 is 0 Å². The second-order valence-corrected chi connectivity index (χ2v) is 4.74. The molecule has 1 aromatic carbocycles. The molecule has 7 heteroatoms. The van der Waals surface area contributed by atoms with E-state index in [-0.39, 0.29) is 5.02 Å². The molecule has 0 saturated heterocycles. The minimum atomic E-state index is -0.407. The Bertz CT molecular complexity index is 520. The van der Waals surface area contributed by atoms with Gasteiger partial charge in [-0.1, -0.05) is 18.5 Å². The number of nitrogens with zero attached hydrogens (tertiary/aromatic N) is 4. The molecular formula is C10H9BrClFN4. The van der Waals surface area contributed by atoms with Crippen molar-refractivity contribution in [3.8, 4) is 5.69 Å². The molecule has 0 spiro atoms. The molecule has 17 heavy (non-hydrogen) atoms. The second kappa shape index (κ2) is 5.10. The van der Waals surface area contributed by atoms with Gasteiger partial charge in [0.25, 0.3) is 0 Å². The fourth-order valence-electron chi connectivity index (χ4n) is 1.50. The van der Waals surface area contributed by atoms with Gasteiger partial charge < -0.3 is 0 Å². The SMILES string of the molecule is CCCc1nnnn1-c1c(Cl)cc(F)cc1Br. The topological polar surface area (TPSA) is 43.6 Å². The summed E-state index contributed by atoms with van der Waals surface area (Å²) in [4.78, 5) is 0. The van der Waals surface area contributed by atoms with E-state index in [4.69, 9.17) is 11.6 Å². The molecule has 0 radical (unpaired) electrons. The van der Waals surface area contributed by atoms with Crippen LogP contribution in [0.2, 0.25) is 5.02 Å². The van der Waals surface area contributed by atoms with Crippen molar-refractivity contribution in [2.75, 3.05) is 0 Å². The van der Waals surface area contributed by atoms with E-state index in [2.05, 4.69) is 31.5 Å². The number of hydrogen-bond donors (Lipinski definition) is 0. The van der Waals surface area contributed by atoms with Gasteiger partial charge >= 0.3 is 0 Å². The molecule has 1 aromatic heterocycles. The number of rotatable bonds is 3. The smallest absolute Gasteiger partial charge is 0.156 e. The quantitative estimate of drug-likeness (QED) is 0.873. The van der Waals surface area contributed by atoms with E-state index in [0.29, 0.717) is 16.0 Å². The Morgan fingerprint density at radius 1 is 1.47 bits per heavy atom. The van der Waals surface area contributed by atoms with E-state index in [1.54, 1.807) is 0 Å². The fourth-order valence-corrected chi connectivity index (χ4v) is 2.50. The summed E-state index contributed by atoms with van der Waals surface area (Å²) in [6.07, 6.45) is 1.64. The maximum absolute atomic E-state index is 13.1. The minimum Gasteiger partial charge on any atom is -0.207 e. The molecule has 2 rings (SSSR count). The first-order valence-corrected chi connectivity index (χ1v) is 6.22. The Morgan fingerprint density at radius 2 is 2.24 bits per heavy atom. The lowest BCUT2D eigenvalue weighted by molar-refractivity contribution is 0.625. The van der Waals surface area contributed by atoms with Crippen molar-refractivity contribution in [3.63, 3.8) is 0 Å². The van der Waals surface area contributed by atoms with Gasteiger partial charge in [-0.15, -0.1) is 5.10 Å². The van der Waals surface area contributed by atoms with Gasteiger partial charge in [-0.25, -0.2) is 4.39 Å². The van der Waals surface area contributed by atoms with Gasteiger partial charge in [-0.3, -0.25) is 0 Å². The van der Waals surface area contributed by atoms with Gasteiger partial charge in [0, 0.05) is 10.9 Å². The van der Waals surface area contributed by atoms with Gasteiger partial charge in [-0.05, 0) is 44.9 Å². The molecule has 1 heterocycles. The van der Waals surface area contributed by atoms with Gasteiger partial charge in [0.2, 0.25) is 0 Å². The van der Waals surface area contributed by atoms with Crippen LogP contribution in [0.15, 0.2) is 16.6 Å². The Labute approximate surface area is 111 Å². The lowest BCUT2D eigenvalue weighted by atomic mass is 10.3. The summed E-state index contributed by atoms with van der Waals surface area (Å²) >= 11 is 9.28. The summed E-state index contributed by atoms with van der Waals surface area (Å²) in [5.41, 5.74) is 0.557. The highest BCUT2D eigenvalue weighted by Gasteiger charge is 2.15. The molecule has 0 amide bonds. The van der Waals surface area contributed by atoms with Gasteiger partial charge in [0.1, 0.15) is 11.5 Å². The van der Waals surface area contributed by atoms with Crippen LogP contribution in [0.25, 0.3) is 5.69 Å². The van der Waals surface area contributed by atoms with Crippen molar-refractivity contribution in [1.29, 1.82) is 0 Å². The highest BCUT2D eigenvalue weighted by atomic mass is 79.9. The van der Waals surface area contributed by atoms with E-state index in [9.17, 15) is 4.39 Å². The zero-order valence-corrected chi connectivity index (χ0v) is 11.3. The largest absolute Gasteiger partial charge is 0.207 e. The monoisotopic (exact) mass is 318 g/mol. The van der Waals surface area contributed by atoms with Crippen molar-refractivity contribution in [2.45, 2.75) is 19.8 Å². The van der Waals surface area contributed by atoms with E-state index < -0.39 is 5.82 Å². The lowest BCUT2D eigenvalue weighted by Crippen LogP contribution is -2.05. The third-order valence-corrected chi connectivity index (χ3v) is 3.09. The van der Waals surface area contributed by atoms with Crippen LogP contribution in [-0.2, 0) is 6.42 Å². The van der Waals surface area contributed by atoms with Gasteiger partial charge in [-0.2, -0.15) is 4.68 Å². The molecule has 0 aliphatic heterocycles. The predicted octanol–water partition coefficient (Wildman–Crippen LogP) is 3.17. The molecule has 4 nitrogen and oxygen atoms in total. The minimum absolute atomic E-state index is 0.265. The molecule has 90 valence electrons.